The molecule has 0 aliphatic heterocycles. The van der Waals surface area contributed by atoms with Gasteiger partial charge in [0.05, 0.1) is 5.69 Å². The molecule has 0 saturated heterocycles. The summed E-state index contributed by atoms with van der Waals surface area (Å²) in [6.07, 6.45) is 6.37. The zero-order valence-corrected chi connectivity index (χ0v) is 10.2. The average Bonchev–Trinajstić information content (AvgIpc) is 2.30. The van der Waals surface area contributed by atoms with Crippen LogP contribution in [0.1, 0.15) is 32.1 Å². The van der Waals surface area contributed by atoms with Crippen molar-refractivity contribution in [2.24, 2.45) is 4.99 Å². The normalized spacial score (nSPS) is 16.0. The van der Waals surface area contributed by atoms with E-state index in [9.17, 15) is 0 Å². The van der Waals surface area contributed by atoms with Gasteiger partial charge in [-0.3, -0.25) is 4.99 Å². The van der Waals surface area contributed by atoms with Gasteiger partial charge in [-0.05, 0) is 43.9 Å². The quantitative estimate of drug-likeness (QED) is 0.734. The Balaban J connectivity index is 2.16. The molecule has 2 rings (SSSR count). The first-order valence-electron chi connectivity index (χ1n) is 6.09. The molecule has 16 heavy (non-hydrogen) atoms. The Labute approximate surface area is 98.0 Å². The summed E-state index contributed by atoms with van der Waals surface area (Å²) in [7, 11) is 4.12. The maximum absolute atomic E-state index is 4.75. The zero-order chi connectivity index (χ0) is 11.4. The molecular weight excluding hydrogens is 196 g/mol. The van der Waals surface area contributed by atoms with Gasteiger partial charge >= 0.3 is 0 Å². The molecule has 0 amide bonds. The summed E-state index contributed by atoms with van der Waals surface area (Å²) in [4.78, 5) is 6.87. The molecular formula is C14H20N2. The van der Waals surface area contributed by atoms with Gasteiger partial charge in [0.2, 0.25) is 0 Å². The summed E-state index contributed by atoms with van der Waals surface area (Å²) in [5.41, 5.74) is 3.70. The molecule has 1 aliphatic carbocycles. The van der Waals surface area contributed by atoms with Gasteiger partial charge in [0.25, 0.3) is 0 Å². The van der Waals surface area contributed by atoms with E-state index in [1.165, 1.54) is 43.5 Å². The molecule has 0 radical (unpaired) electrons. The van der Waals surface area contributed by atoms with E-state index >= 15 is 0 Å². The van der Waals surface area contributed by atoms with Gasteiger partial charge in [-0.25, -0.2) is 0 Å². The molecule has 0 N–H and O–H groups in total. The molecule has 1 aromatic rings. The zero-order valence-electron chi connectivity index (χ0n) is 10.2. The Bertz CT molecular complexity index is 372. The molecule has 0 spiro atoms. The number of anilines is 1. The van der Waals surface area contributed by atoms with E-state index in [0.717, 1.165) is 5.69 Å². The van der Waals surface area contributed by atoms with E-state index in [2.05, 4.69) is 43.3 Å². The third-order valence-electron chi connectivity index (χ3n) is 3.06. The summed E-state index contributed by atoms with van der Waals surface area (Å²) < 4.78 is 0. The third-order valence-corrected chi connectivity index (χ3v) is 3.06. The number of rotatable bonds is 2. The lowest BCUT2D eigenvalue weighted by molar-refractivity contribution is 0.667. The van der Waals surface area contributed by atoms with Crippen LogP contribution < -0.4 is 4.90 Å². The third kappa shape index (κ3) is 2.84. The lowest BCUT2D eigenvalue weighted by Gasteiger charge is -2.14. The number of hydrogen-bond acceptors (Lipinski definition) is 2. The van der Waals surface area contributed by atoms with Crippen molar-refractivity contribution in [3.63, 3.8) is 0 Å². The molecule has 86 valence electrons. The largest absolute Gasteiger partial charge is 0.378 e. The van der Waals surface area contributed by atoms with Crippen LogP contribution in [0.4, 0.5) is 11.4 Å². The smallest absolute Gasteiger partial charge is 0.0649 e. The second-order valence-electron chi connectivity index (χ2n) is 4.65. The standard InChI is InChI=1S/C14H20N2/c1-16(2)14-10-6-9-13(11-14)15-12-7-4-3-5-8-12/h6,9-11H,3-5,7-8H2,1-2H3. The highest BCUT2D eigenvalue weighted by Crippen LogP contribution is 2.23. The second kappa shape index (κ2) is 5.15. The molecule has 0 atom stereocenters. The van der Waals surface area contributed by atoms with Gasteiger partial charge in [0.15, 0.2) is 0 Å². The summed E-state index contributed by atoms with van der Waals surface area (Å²) >= 11 is 0. The highest BCUT2D eigenvalue weighted by molar-refractivity contribution is 5.87. The van der Waals surface area contributed by atoms with Gasteiger partial charge in [-0.15, -0.1) is 0 Å². The first kappa shape index (κ1) is 11.2. The number of benzene rings is 1. The fraction of sp³-hybridized carbons (Fsp3) is 0.500. The van der Waals surface area contributed by atoms with Crippen molar-refractivity contribution in [3.8, 4) is 0 Å². The van der Waals surface area contributed by atoms with E-state index in [1.807, 2.05) is 0 Å². The van der Waals surface area contributed by atoms with Crippen LogP contribution in [0.25, 0.3) is 0 Å². The SMILES string of the molecule is CN(C)c1cccc(N=C2CCCCC2)c1. The predicted octanol–water partition coefficient (Wildman–Crippen LogP) is 3.79. The van der Waals surface area contributed by atoms with Crippen molar-refractivity contribution < 1.29 is 0 Å². The van der Waals surface area contributed by atoms with Crippen LogP contribution in [0, 0.1) is 0 Å². The molecule has 0 bridgehead atoms. The topological polar surface area (TPSA) is 15.6 Å². The van der Waals surface area contributed by atoms with E-state index < -0.39 is 0 Å². The van der Waals surface area contributed by atoms with Crippen LogP contribution in [0.2, 0.25) is 0 Å². The van der Waals surface area contributed by atoms with Crippen molar-refractivity contribution >= 4 is 17.1 Å². The molecule has 0 unspecified atom stereocenters. The molecule has 2 heteroatoms. The highest BCUT2D eigenvalue weighted by Gasteiger charge is 2.06. The van der Waals surface area contributed by atoms with E-state index in [4.69, 9.17) is 4.99 Å². The summed E-state index contributed by atoms with van der Waals surface area (Å²) in [5.74, 6) is 0. The number of hydrogen-bond donors (Lipinski definition) is 0. The lowest BCUT2D eigenvalue weighted by atomic mass is 9.98. The number of aliphatic imine (C=N–C) groups is 1. The minimum Gasteiger partial charge on any atom is -0.378 e. The maximum Gasteiger partial charge on any atom is 0.0649 e. The summed E-state index contributed by atoms with van der Waals surface area (Å²) in [6.45, 7) is 0. The fourth-order valence-electron chi connectivity index (χ4n) is 2.10. The van der Waals surface area contributed by atoms with Gasteiger partial charge < -0.3 is 4.90 Å². The van der Waals surface area contributed by atoms with Gasteiger partial charge in [-0.1, -0.05) is 12.5 Å². The molecule has 1 aliphatic rings. The molecule has 0 heterocycles. The molecule has 1 fully saturated rings. The van der Waals surface area contributed by atoms with Crippen molar-refractivity contribution in [2.75, 3.05) is 19.0 Å². The number of nitrogens with zero attached hydrogens (tertiary/aromatic N) is 2. The van der Waals surface area contributed by atoms with Crippen LogP contribution in [-0.4, -0.2) is 19.8 Å². The summed E-state index contributed by atoms with van der Waals surface area (Å²) in [5, 5.41) is 0. The average molecular weight is 216 g/mol. The minimum atomic E-state index is 1.10. The Morgan fingerprint density at radius 3 is 2.50 bits per heavy atom. The second-order valence-corrected chi connectivity index (χ2v) is 4.65. The molecule has 0 aromatic heterocycles. The van der Waals surface area contributed by atoms with Crippen LogP contribution in [0.5, 0.6) is 0 Å². The Morgan fingerprint density at radius 1 is 1.06 bits per heavy atom. The molecule has 1 saturated carbocycles. The van der Waals surface area contributed by atoms with Gasteiger partial charge in [-0.2, -0.15) is 0 Å². The van der Waals surface area contributed by atoms with Crippen molar-refractivity contribution in [2.45, 2.75) is 32.1 Å². The van der Waals surface area contributed by atoms with E-state index in [1.54, 1.807) is 0 Å². The van der Waals surface area contributed by atoms with Crippen molar-refractivity contribution in [1.82, 2.24) is 0 Å². The van der Waals surface area contributed by atoms with Crippen molar-refractivity contribution in [3.05, 3.63) is 24.3 Å². The van der Waals surface area contributed by atoms with Crippen LogP contribution >= 0.6 is 0 Å². The van der Waals surface area contributed by atoms with Crippen LogP contribution in [0.3, 0.4) is 0 Å². The minimum absolute atomic E-state index is 1.10. The lowest BCUT2D eigenvalue weighted by Crippen LogP contribution is -2.08. The Morgan fingerprint density at radius 2 is 1.81 bits per heavy atom. The predicted molar refractivity (Wildman–Crippen MR) is 70.9 cm³/mol. The summed E-state index contributed by atoms with van der Waals surface area (Å²) in [6, 6.07) is 8.44. The molecule has 1 aromatic carbocycles. The van der Waals surface area contributed by atoms with Crippen LogP contribution in [-0.2, 0) is 0 Å². The van der Waals surface area contributed by atoms with Gasteiger partial charge in [0.1, 0.15) is 0 Å². The Hall–Kier alpha value is -1.31. The first-order chi connectivity index (χ1) is 7.75. The van der Waals surface area contributed by atoms with E-state index in [0.29, 0.717) is 0 Å². The van der Waals surface area contributed by atoms with Crippen LogP contribution in [0.15, 0.2) is 29.3 Å². The van der Waals surface area contributed by atoms with E-state index in [-0.39, 0.29) is 0 Å². The van der Waals surface area contributed by atoms with Crippen molar-refractivity contribution in [1.29, 1.82) is 0 Å². The van der Waals surface area contributed by atoms with Gasteiger partial charge in [0, 0.05) is 25.5 Å². The highest BCUT2D eigenvalue weighted by atomic mass is 15.1. The molecule has 2 nitrogen and oxygen atoms in total. The first-order valence-corrected chi connectivity index (χ1v) is 6.09. The fourth-order valence-corrected chi connectivity index (χ4v) is 2.10. The maximum atomic E-state index is 4.75. The monoisotopic (exact) mass is 216 g/mol. The Kier molecular flexibility index (Phi) is 3.60.